The molecule has 0 radical (unpaired) electrons. The molecule has 2 rings (SSSR count). The number of hydrogen-bond acceptors (Lipinski definition) is 2. The molecular formula is C18H14Cl3F3N2O. The predicted octanol–water partition coefficient (Wildman–Crippen LogP) is 5.64. The van der Waals surface area contributed by atoms with Crippen LogP contribution in [0, 0.1) is 0 Å². The standard InChI is InChI=1S/C18H14Cl3F3N2O/c19-17(20,21)16(25-14-8-4-7-13(11-14)18(22,23)24)26-15(27)10-9-12-5-2-1-3-6-12/h1-11,16,25H,(H,26,27)/b10-9+. The number of amides is 1. The van der Waals surface area contributed by atoms with E-state index >= 15 is 0 Å². The number of hydrogen-bond donors (Lipinski definition) is 2. The molecule has 1 unspecified atom stereocenters. The number of halogens is 6. The van der Waals surface area contributed by atoms with Gasteiger partial charge in [0.15, 0.2) is 0 Å². The van der Waals surface area contributed by atoms with Crippen molar-refractivity contribution in [3.63, 3.8) is 0 Å². The van der Waals surface area contributed by atoms with Crippen molar-refractivity contribution in [1.29, 1.82) is 0 Å². The number of benzene rings is 2. The highest BCUT2D eigenvalue weighted by Gasteiger charge is 2.35. The molecule has 0 aliphatic rings. The molecule has 0 saturated heterocycles. The summed E-state index contributed by atoms with van der Waals surface area (Å²) < 4.78 is 36.5. The van der Waals surface area contributed by atoms with Gasteiger partial charge in [-0.2, -0.15) is 13.2 Å². The van der Waals surface area contributed by atoms with E-state index in [0.717, 1.165) is 17.7 Å². The van der Waals surface area contributed by atoms with Crippen LogP contribution in [-0.2, 0) is 11.0 Å². The van der Waals surface area contributed by atoms with Gasteiger partial charge < -0.3 is 10.6 Å². The molecule has 1 atom stereocenters. The molecule has 0 aliphatic heterocycles. The lowest BCUT2D eigenvalue weighted by Gasteiger charge is -2.27. The molecule has 0 spiro atoms. The second-order valence-corrected chi connectivity index (χ2v) is 7.82. The molecule has 2 aromatic carbocycles. The van der Waals surface area contributed by atoms with Gasteiger partial charge in [-0.3, -0.25) is 4.79 Å². The predicted molar refractivity (Wildman–Crippen MR) is 103 cm³/mol. The van der Waals surface area contributed by atoms with E-state index in [0.29, 0.717) is 0 Å². The average Bonchev–Trinajstić information content (AvgIpc) is 2.59. The van der Waals surface area contributed by atoms with E-state index in [1.165, 1.54) is 18.2 Å². The van der Waals surface area contributed by atoms with E-state index < -0.39 is 27.6 Å². The number of anilines is 1. The number of nitrogens with one attached hydrogen (secondary N) is 2. The number of rotatable bonds is 5. The third kappa shape index (κ3) is 6.97. The quantitative estimate of drug-likeness (QED) is 0.361. The minimum absolute atomic E-state index is 0.0356. The Balaban J connectivity index is 2.12. The Morgan fingerprint density at radius 2 is 1.67 bits per heavy atom. The molecule has 144 valence electrons. The highest BCUT2D eigenvalue weighted by atomic mass is 35.6. The van der Waals surface area contributed by atoms with Gasteiger partial charge in [0.1, 0.15) is 6.17 Å². The Labute approximate surface area is 169 Å². The molecule has 0 fully saturated rings. The Morgan fingerprint density at radius 1 is 1.00 bits per heavy atom. The zero-order valence-electron chi connectivity index (χ0n) is 13.6. The summed E-state index contributed by atoms with van der Waals surface area (Å²) in [5.41, 5.74) is -0.0525. The minimum atomic E-state index is -4.52. The van der Waals surface area contributed by atoms with Crippen LogP contribution in [-0.4, -0.2) is 15.9 Å². The molecule has 0 heterocycles. The Morgan fingerprint density at radius 3 is 2.26 bits per heavy atom. The molecular weight excluding hydrogens is 424 g/mol. The molecule has 0 bridgehead atoms. The summed E-state index contributed by atoms with van der Waals surface area (Å²) in [6.07, 6.45) is -3.00. The molecule has 9 heteroatoms. The van der Waals surface area contributed by atoms with Crippen LogP contribution in [0.3, 0.4) is 0 Å². The number of carbonyl (C=O) groups is 1. The van der Waals surface area contributed by atoms with Crippen LogP contribution in [0.15, 0.2) is 60.7 Å². The van der Waals surface area contributed by atoms with Crippen LogP contribution < -0.4 is 10.6 Å². The fraction of sp³-hybridized carbons (Fsp3) is 0.167. The molecule has 2 aromatic rings. The van der Waals surface area contributed by atoms with Crippen LogP contribution in [0.1, 0.15) is 11.1 Å². The van der Waals surface area contributed by atoms with Crippen LogP contribution in [0.2, 0.25) is 0 Å². The van der Waals surface area contributed by atoms with E-state index in [2.05, 4.69) is 10.6 Å². The highest BCUT2D eigenvalue weighted by molar-refractivity contribution is 6.68. The average molecular weight is 438 g/mol. The lowest BCUT2D eigenvalue weighted by Crippen LogP contribution is -2.48. The third-order valence-corrected chi connectivity index (χ3v) is 4.00. The summed E-state index contributed by atoms with van der Waals surface area (Å²) in [4.78, 5) is 12.1. The first-order valence-electron chi connectivity index (χ1n) is 7.60. The van der Waals surface area contributed by atoms with E-state index in [1.54, 1.807) is 30.3 Å². The van der Waals surface area contributed by atoms with E-state index in [1.807, 2.05) is 6.07 Å². The first-order valence-corrected chi connectivity index (χ1v) is 8.73. The van der Waals surface area contributed by atoms with Gasteiger partial charge in [0, 0.05) is 11.8 Å². The van der Waals surface area contributed by atoms with Gasteiger partial charge in [0.05, 0.1) is 5.56 Å². The van der Waals surface area contributed by atoms with Crippen molar-refractivity contribution in [3.05, 3.63) is 71.8 Å². The van der Waals surface area contributed by atoms with Gasteiger partial charge in [-0.05, 0) is 29.8 Å². The van der Waals surface area contributed by atoms with Crippen molar-refractivity contribution in [2.24, 2.45) is 0 Å². The van der Waals surface area contributed by atoms with Gasteiger partial charge in [-0.25, -0.2) is 0 Å². The summed E-state index contributed by atoms with van der Waals surface area (Å²) in [5, 5.41) is 5.02. The Bertz CT molecular complexity index is 805. The zero-order valence-corrected chi connectivity index (χ0v) is 15.9. The maximum absolute atomic E-state index is 12.8. The fourth-order valence-corrected chi connectivity index (χ4v) is 2.41. The van der Waals surface area contributed by atoms with Crippen molar-refractivity contribution >= 4 is 52.5 Å². The van der Waals surface area contributed by atoms with Crippen molar-refractivity contribution < 1.29 is 18.0 Å². The van der Waals surface area contributed by atoms with Crippen molar-refractivity contribution in [1.82, 2.24) is 5.32 Å². The molecule has 27 heavy (non-hydrogen) atoms. The fourth-order valence-electron chi connectivity index (χ4n) is 2.08. The second-order valence-electron chi connectivity index (χ2n) is 5.45. The molecule has 1 amide bonds. The summed E-state index contributed by atoms with van der Waals surface area (Å²) in [6.45, 7) is 0. The van der Waals surface area contributed by atoms with E-state index in [-0.39, 0.29) is 5.69 Å². The topological polar surface area (TPSA) is 41.1 Å². The summed E-state index contributed by atoms with van der Waals surface area (Å²) in [6, 6.07) is 13.4. The molecule has 0 aromatic heterocycles. The van der Waals surface area contributed by atoms with Crippen molar-refractivity contribution in [3.8, 4) is 0 Å². The van der Waals surface area contributed by atoms with Gasteiger partial charge in [-0.1, -0.05) is 71.2 Å². The Hall–Kier alpha value is -1.89. The third-order valence-electron chi connectivity index (χ3n) is 3.34. The van der Waals surface area contributed by atoms with Crippen LogP contribution in [0.25, 0.3) is 6.08 Å². The second kappa shape index (κ2) is 8.87. The van der Waals surface area contributed by atoms with Crippen molar-refractivity contribution in [2.75, 3.05) is 5.32 Å². The lowest BCUT2D eigenvalue weighted by atomic mass is 10.2. The normalized spacial score (nSPS) is 13.4. The minimum Gasteiger partial charge on any atom is -0.362 e. The summed E-state index contributed by atoms with van der Waals surface area (Å²) >= 11 is 17.5. The van der Waals surface area contributed by atoms with Crippen molar-refractivity contribution in [2.45, 2.75) is 16.1 Å². The summed E-state index contributed by atoms with van der Waals surface area (Å²) in [5.74, 6) is -0.588. The number of carbonyl (C=O) groups excluding carboxylic acids is 1. The smallest absolute Gasteiger partial charge is 0.362 e. The SMILES string of the molecule is O=C(/C=C/c1ccccc1)NC(Nc1cccc(C(F)(F)F)c1)C(Cl)(Cl)Cl. The van der Waals surface area contributed by atoms with Gasteiger partial charge in [0.2, 0.25) is 9.70 Å². The first kappa shape index (κ1) is 21.4. The Kier molecular flexibility index (Phi) is 7.03. The van der Waals surface area contributed by atoms with Crippen LogP contribution in [0.4, 0.5) is 18.9 Å². The van der Waals surface area contributed by atoms with Gasteiger partial charge in [0.25, 0.3) is 0 Å². The van der Waals surface area contributed by atoms with Gasteiger partial charge >= 0.3 is 6.18 Å². The molecule has 0 saturated carbocycles. The largest absolute Gasteiger partial charge is 0.416 e. The van der Waals surface area contributed by atoms with E-state index in [4.69, 9.17) is 34.8 Å². The maximum Gasteiger partial charge on any atom is 0.416 e. The monoisotopic (exact) mass is 436 g/mol. The lowest BCUT2D eigenvalue weighted by molar-refractivity contribution is -0.137. The molecule has 2 N–H and O–H groups in total. The highest BCUT2D eigenvalue weighted by Crippen LogP contribution is 2.33. The van der Waals surface area contributed by atoms with Crippen LogP contribution in [0.5, 0.6) is 0 Å². The molecule has 0 aliphatic carbocycles. The van der Waals surface area contributed by atoms with E-state index in [9.17, 15) is 18.0 Å². The number of alkyl halides is 6. The first-order chi connectivity index (χ1) is 12.6. The zero-order chi connectivity index (χ0) is 20.1. The molecule has 3 nitrogen and oxygen atoms in total. The van der Waals surface area contributed by atoms with Crippen LogP contribution >= 0.6 is 34.8 Å². The van der Waals surface area contributed by atoms with Gasteiger partial charge in [-0.15, -0.1) is 0 Å². The maximum atomic E-state index is 12.8. The summed E-state index contributed by atoms with van der Waals surface area (Å²) in [7, 11) is 0.